The monoisotopic (exact) mass is 518 g/mol. The van der Waals surface area contributed by atoms with Gasteiger partial charge < -0.3 is 10.1 Å². The maximum Gasteiger partial charge on any atom is 0.184 e. The Morgan fingerprint density at radius 3 is 2.59 bits per heavy atom. The third-order valence-corrected chi connectivity index (χ3v) is 7.52. The number of aryl methyl sites for hydroxylation is 3. The number of terminal acetylenes is 1. The lowest BCUT2D eigenvalue weighted by atomic mass is 9.86. The van der Waals surface area contributed by atoms with Gasteiger partial charge in [0.1, 0.15) is 11.6 Å². The van der Waals surface area contributed by atoms with E-state index in [0.29, 0.717) is 16.5 Å². The van der Waals surface area contributed by atoms with Crippen LogP contribution in [0.4, 0.5) is 9.52 Å². The zero-order valence-electron chi connectivity index (χ0n) is 19.7. The quantitative estimate of drug-likeness (QED) is 0.307. The van der Waals surface area contributed by atoms with E-state index >= 15 is 0 Å². The fourth-order valence-electron chi connectivity index (χ4n) is 4.18. The van der Waals surface area contributed by atoms with Crippen LogP contribution in [-0.2, 0) is 0 Å². The fourth-order valence-corrected chi connectivity index (χ4v) is 5.29. The van der Waals surface area contributed by atoms with Crippen molar-refractivity contribution >= 4 is 40.5 Å². The summed E-state index contributed by atoms with van der Waals surface area (Å²) in [5, 5.41) is 4.79. The molecule has 1 heterocycles. The summed E-state index contributed by atoms with van der Waals surface area (Å²) in [6.07, 6.45) is 9.34. The summed E-state index contributed by atoms with van der Waals surface area (Å²) in [5.41, 5.74) is 4.26. The van der Waals surface area contributed by atoms with Crippen LogP contribution in [0.15, 0.2) is 30.3 Å². The van der Waals surface area contributed by atoms with Crippen molar-refractivity contribution < 1.29 is 9.13 Å². The molecule has 2 aromatic carbocycles. The Morgan fingerprint density at radius 2 is 1.97 bits per heavy atom. The molecule has 1 aliphatic carbocycles. The number of aromatic nitrogens is 1. The van der Waals surface area contributed by atoms with Crippen LogP contribution in [0.5, 0.6) is 5.75 Å². The Labute approximate surface area is 216 Å². The molecule has 0 aliphatic heterocycles. The minimum atomic E-state index is -0.292. The van der Waals surface area contributed by atoms with Gasteiger partial charge in [0.05, 0.1) is 23.9 Å². The first-order valence-electron chi connectivity index (χ1n) is 11.1. The normalized spacial score (nSPS) is 14.6. The molecule has 0 spiro atoms. The number of ether oxygens (including phenoxy) is 1. The highest BCUT2D eigenvalue weighted by atomic mass is 35.5. The molecule has 2 unspecified atom stereocenters. The lowest BCUT2D eigenvalue weighted by molar-refractivity contribution is 0.412. The van der Waals surface area contributed by atoms with Crippen molar-refractivity contribution in [1.82, 2.24) is 4.98 Å². The molecular formula is C27H29Cl2FN2OS. The highest BCUT2D eigenvalue weighted by Crippen LogP contribution is 2.42. The van der Waals surface area contributed by atoms with E-state index in [4.69, 9.17) is 27.7 Å². The highest BCUT2D eigenvalue weighted by Gasteiger charge is 2.31. The molecule has 34 heavy (non-hydrogen) atoms. The number of rotatable bonds is 8. The van der Waals surface area contributed by atoms with Crippen LogP contribution in [0.25, 0.3) is 11.3 Å². The van der Waals surface area contributed by atoms with Crippen molar-refractivity contribution in [1.29, 1.82) is 0 Å². The molecule has 4 rings (SSSR count). The lowest BCUT2D eigenvalue weighted by Gasteiger charge is -2.25. The first kappa shape index (κ1) is 26.3. The van der Waals surface area contributed by atoms with Gasteiger partial charge in [0, 0.05) is 16.4 Å². The van der Waals surface area contributed by atoms with Crippen molar-refractivity contribution in [3.8, 4) is 29.4 Å². The summed E-state index contributed by atoms with van der Waals surface area (Å²) >= 11 is 8.10. The predicted molar refractivity (Wildman–Crippen MR) is 143 cm³/mol. The van der Waals surface area contributed by atoms with E-state index < -0.39 is 0 Å². The number of hydrogen-bond acceptors (Lipinski definition) is 4. The Morgan fingerprint density at radius 1 is 1.24 bits per heavy atom. The minimum absolute atomic E-state index is 0. The molecule has 0 bridgehead atoms. The van der Waals surface area contributed by atoms with E-state index in [2.05, 4.69) is 11.2 Å². The Bertz CT molecular complexity index is 1220. The third-order valence-electron chi connectivity index (χ3n) is 6.31. The number of hydrogen-bond donors (Lipinski definition) is 1. The highest BCUT2D eigenvalue weighted by molar-refractivity contribution is 7.16. The van der Waals surface area contributed by atoms with Crippen LogP contribution in [0, 0.1) is 44.9 Å². The number of halogens is 3. The minimum Gasteiger partial charge on any atom is -0.496 e. The molecule has 1 aromatic heterocycles. The van der Waals surface area contributed by atoms with Crippen LogP contribution in [0.1, 0.15) is 46.7 Å². The molecule has 3 aromatic rings. The largest absolute Gasteiger partial charge is 0.496 e. The van der Waals surface area contributed by atoms with E-state index in [9.17, 15) is 4.39 Å². The predicted octanol–water partition coefficient (Wildman–Crippen LogP) is 7.96. The number of benzene rings is 2. The maximum atomic E-state index is 14.4. The second-order valence-corrected chi connectivity index (χ2v) is 10.4. The number of nitrogens with zero attached hydrogens (tertiary/aromatic N) is 1. The van der Waals surface area contributed by atoms with Gasteiger partial charge in [0.25, 0.3) is 0 Å². The third kappa shape index (κ3) is 5.68. The number of anilines is 1. The second-order valence-electron chi connectivity index (χ2n) is 8.81. The summed E-state index contributed by atoms with van der Waals surface area (Å²) < 4.78 is 19.7. The van der Waals surface area contributed by atoms with Crippen LogP contribution >= 0.6 is 35.3 Å². The van der Waals surface area contributed by atoms with E-state index in [1.807, 2.05) is 38.1 Å². The molecule has 0 saturated heterocycles. The first-order valence-corrected chi connectivity index (χ1v) is 12.3. The van der Waals surface area contributed by atoms with Crippen molar-refractivity contribution in [3.63, 3.8) is 0 Å². The van der Waals surface area contributed by atoms with Crippen molar-refractivity contribution in [2.45, 2.75) is 52.0 Å². The van der Waals surface area contributed by atoms with E-state index in [-0.39, 0.29) is 30.2 Å². The van der Waals surface area contributed by atoms with Crippen LogP contribution < -0.4 is 10.1 Å². The SMILES string of the molecule is C#CC(Nc1nc(-c2cc(C)c(OC)cc2Cl)c(C)s1)C(CC1CC1)c1ccc(C)c(F)c1.Cl. The summed E-state index contributed by atoms with van der Waals surface area (Å²) in [7, 11) is 1.63. The molecule has 1 fully saturated rings. The van der Waals surface area contributed by atoms with Gasteiger partial charge >= 0.3 is 0 Å². The number of thiazole rings is 1. The van der Waals surface area contributed by atoms with E-state index in [0.717, 1.165) is 44.6 Å². The number of nitrogens with one attached hydrogen (secondary N) is 1. The van der Waals surface area contributed by atoms with Gasteiger partial charge in [-0.2, -0.15) is 0 Å². The van der Waals surface area contributed by atoms with Crippen molar-refractivity contribution in [2.75, 3.05) is 12.4 Å². The Hall–Kier alpha value is -2.26. The Balaban J connectivity index is 0.00000324. The molecule has 0 amide bonds. The topological polar surface area (TPSA) is 34.2 Å². The van der Waals surface area contributed by atoms with E-state index in [1.165, 1.54) is 12.8 Å². The average molecular weight is 520 g/mol. The summed E-state index contributed by atoms with van der Waals surface area (Å²) in [6, 6.07) is 8.98. The average Bonchev–Trinajstić information content (AvgIpc) is 3.54. The standard InChI is InChI=1S/C27H28ClFN2OS.ClH/c1-6-24(20(12-18-8-9-18)19-10-7-15(2)23(29)13-19)30-27-31-26(17(4)33-27)21-11-16(3)25(32-5)14-22(21)28;/h1,7,10-11,13-14,18,20,24H,8-9,12H2,2-5H3,(H,30,31);1H. The molecule has 1 N–H and O–H groups in total. The van der Waals surface area contributed by atoms with Gasteiger partial charge in [-0.15, -0.1) is 30.2 Å². The van der Waals surface area contributed by atoms with Gasteiger partial charge in [-0.3, -0.25) is 0 Å². The molecule has 3 nitrogen and oxygen atoms in total. The smallest absolute Gasteiger partial charge is 0.184 e. The van der Waals surface area contributed by atoms with Crippen LogP contribution in [0.3, 0.4) is 0 Å². The van der Waals surface area contributed by atoms with Gasteiger partial charge in [0.2, 0.25) is 0 Å². The van der Waals surface area contributed by atoms with Gasteiger partial charge in [-0.05, 0) is 68.0 Å². The van der Waals surface area contributed by atoms with Gasteiger partial charge in [-0.1, -0.05) is 42.5 Å². The molecule has 2 atom stereocenters. The fraction of sp³-hybridized carbons (Fsp3) is 0.370. The van der Waals surface area contributed by atoms with Gasteiger partial charge in [0.15, 0.2) is 5.13 Å². The molecule has 1 saturated carbocycles. The summed E-state index contributed by atoms with van der Waals surface area (Å²) in [4.78, 5) is 5.88. The Kier molecular flexibility index (Phi) is 8.52. The van der Waals surface area contributed by atoms with Crippen molar-refractivity contribution in [2.24, 2.45) is 5.92 Å². The van der Waals surface area contributed by atoms with Crippen LogP contribution in [0.2, 0.25) is 5.02 Å². The maximum absolute atomic E-state index is 14.4. The molecule has 1 aliphatic rings. The molecule has 7 heteroatoms. The first-order chi connectivity index (χ1) is 15.8. The zero-order chi connectivity index (χ0) is 23.7. The molecule has 0 radical (unpaired) electrons. The van der Waals surface area contributed by atoms with Crippen LogP contribution in [-0.4, -0.2) is 18.1 Å². The van der Waals surface area contributed by atoms with E-state index in [1.54, 1.807) is 31.4 Å². The van der Waals surface area contributed by atoms with Gasteiger partial charge in [-0.25, -0.2) is 9.37 Å². The molecule has 180 valence electrons. The molecular weight excluding hydrogens is 490 g/mol. The summed E-state index contributed by atoms with van der Waals surface area (Å²) in [6.45, 7) is 5.78. The summed E-state index contributed by atoms with van der Waals surface area (Å²) in [5.74, 6) is 4.12. The van der Waals surface area contributed by atoms with Crippen molar-refractivity contribution in [3.05, 3.63) is 62.7 Å². The lowest BCUT2D eigenvalue weighted by Crippen LogP contribution is -2.26. The zero-order valence-corrected chi connectivity index (χ0v) is 22.1. The second kappa shape index (κ2) is 11.0. The number of methoxy groups -OCH3 is 1.